The molecule has 142 valence electrons. The Labute approximate surface area is 155 Å². The fourth-order valence-corrected chi connectivity index (χ4v) is 3.72. The van der Waals surface area contributed by atoms with Gasteiger partial charge in [0.15, 0.2) is 6.10 Å². The van der Waals surface area contributed by atoms with Crippen LogP contribution in [0.4, 0.5) is 0 Å². The summed E-state index contributed by atoms with van der Waals surface area (Å²) in [6.07, 6.45) is 2.79. The molecule has 0 bridgehead atoms. The lowest BCUT2D eigenvalue weighted by molar-refractivity contribution is -0.154. The zero-order chi connectivity index (χ0) is 19.0. The standard InChI is InChI=1S/C19H21N3O5/c23-17(21-8-9-27-15(11-21)19(25)26)12-5-6-13-14(10-12)20-16-4-2-1-3-7-22(16)18(13)24/h5-6,10,15H,1-4,7-9,11H2,(H,25,26). The molecule has 1 amide bonds. The molecule has 0 spiro atoms. The van der Waals surface area contributed by atoms with E-state index in [9.17, 15) is 14.4 Å². The van der Waals surface area contributed by atoms with E-state index in [1.807, 2.05) is 0 Å². The average molecular weight is 371 g/mol. The van der Waals surface area contributed by atoms with Gasteiger partial charge in [0.2, 0.25) is 0 Å². The van der Waals surface area contributed by atoms with Crippen LogP contribution in [0.2, 0.25) is 0 Å². The maximum Gasteiger partial charge on any atom is 0.334 e. The maximum atomic E-state index is 12.8. The van der Waals surface area contributed by atoms with Crippen molar-refractivity contribution in [2.24, 2.45) is 0 Å². The number of nitrogens with zero attached hydrogens (tertiary/aromatic N) is 3. The number of aliphatic carboxylic acids is 1. The summed E-state index contributed by atoms with van der Waals surface area (Å²) in [5, 5.41) is 9.61. The van der Waals surface area contributed by atoms with Crippen LogP contribution < -0.4 is 5.56 Å². The number of fused-ring (bicyclic) bond motifs is 2. The number of carbonyl (C=O) groups excluding carboxylic acids is 1. The number of aromatic nitrogens is 2. The van der Waals surface area contributed by atoms with Crippen LogP contribution >= 0.6 is 0 Å². The summed E-state index contributed by atoms with van der Waals surface area (Å²) < 4.78 is 6.91. The van der Waals surface area contributed by atoms with Crippen molar-refractivity contribution >= 4 is 22.8 Å². The van der Waals surface area contributed by atoms with Gasteiger partial charge in [0.25, 0.3) is 11.5 Å². The Morgan fingerprint density at radius 1 is 1.19 bits per heavy atom. The van der Waals surface area contributed by atoms with Gasteiger partial charge in [0.1, 0.15) is 5.82 Å². The van der Waals surface area contributed by atoms with E-state index in [2.05, 4.69) is 4.98 Å². The molecule has 1 fully saturated rings. The first-order valence-corrected chi connectivity index (χ1v) is 9.22. The molecular formula is C19H21N3O5. The molecule has 2 aromatic rings. The van der Waals surface area contributed by atoms with E-state index in [0.29, 0.717) is 29.6 Å². The van der Waals surface area contributed by atoms with E-state index in [4.69, 9.17) is 9.84 Å². The lowest BCUT2D eigenvalue weighted by Gasteiger charge is -2.31. The first-order valence-electron chi connectivity index (χ1n) is 9.22. The number of carboxylic acids is 1. The summed E-state index contributed by atoms with van der Waals surface area (Å²) in [6, 6.07) is 4.89. The third-order valence-corrected chi connectivity index (χ3v) is 5.19. The zero-order valence-electron chi connectivity index (χ0n) is 14.9. The number of rotatable bonds is 2. The summed E-state index contributed by atoms with van der Waals surface area (Å²) in [5.41, 5.74) is 0.856. The van der Waals surface area contributed by atoms with Gasteiger partial charge in [0, 0.05) is 25.1 Å². The highest BCUT2D eigenvalue weighted by Gasteiger charge is 2.29. The second-order valence-electron chi connectivity index (χ2n) is 6.98. The molecule has 1 aromatic heterocycles. The van der Waals surface area contributed by atoms with Crippen molar-refractivity contribution in [2.45, 2.75) is 38.3 Å². The molecule has 1 N–H and O–H groups in total. The zero-order valence-corrected chi connectivity index (χ0v) is 14.9. The van der Waals surface area contributed by atoms with Crippen LogP contribution in [0, 0.1) is 0 Å². The van der Waals surface area contributed by atoms with Gasteiger partial charge in [-0.25, -0.2) is 9.78 Å². The predicted octanol–water partition coefficient (Wildman–Crippen LogP) is 1.05. The highest BCUT2D eigenvalue weighted by Crippen LogP contribution is 2.18. The number of aryl methyl sites for hydroxylation is 1. The number of hydrogen-bond donors (Lipinski definition) is 1. The van der Waals surface area contributed by atoms with Crippen molar-refractivity contribution in [3.8, 4) is 0 Å². The molecule has 27 heavy (non-hydrogen) atoms. The van der Waals surface area contributed by atoms with Crippen molar-refractivity contribution in [3.05, 3.63) is 39.9 Å². The molecule has 0 saturated carbocycles. The van der Waals surface area contributed by atoms with Crippen LogP contribution in [0.1, 0.15) is 35.4 Å². The van der Waals surface area contributed by atoms with Gasteiger partial charge in [-0.2, -0.15) is 0 Å². The molecule has 1 unspecified atom stereocenters. The maximum absolute atomic E-state index is 12.8. The minimum Gasteiger partial charge on any atom is -0.479 e. The third-order valence-electron chi connectivity index (χ3n) is 5.19. The van der Waals surface area contributed by atoms with Crippen molar-refractivity contribution in [2.75, 3.05) is 19.7 Å². The van der Waals surface area contributed by atoms with Crippen molar-refractivity contribution in [1.82, 2.24) is 14.5 Å². The fourth-order valence-electron chi connectivity index (χ4n) is 3.72. The second kappa shape index (κ2) is 7.11. The molecule has 1 aromatic carbocycles. The normalized spacial score (nSPS) is 20.1. The largest absolute Gasteiger partial charge is 0.479 e. The predicted molar refractivity (Wildman–Crippen MR) is 96.8 cm³/mol. The minimum absolute atomic E-state index is 0.00643. The summed E-state index contributed by atoms with van der Waals surface area (Å²) in [6.45, 7) is 1.21. The topological polar surface area (TPSA) is 102 Å². The molecule has 1 atom stereocenters. The van der Waals surface area contributed by atoms with Gasteiger partial charge in [-0.15, -0.1) is 0 Å². The van der Waals surface area contributed by atoms with Crippen LogP contribution in [0.5, 0.6) is 0 Å². The number of carbonyl (C=O) groups is 2. The third kappa shape index (κ3) is 3.32. The molecule has 0 aliphatic carbocycles. The molecule has 1 saturated heterocycles. The molecule has 0 radical (unpaired) electrons. The summed E-state index contributed by atoms with van der Waals surface area (Å²) >= 11 is 0. The number of benzene rings is 1. The summed E-state index contributed by atoms with van der Waals surface area (Å²) in [4.78, 5) is 42.8. The van der Waals surface area contributed by atoms with Gasteiger partial charge in [-0.05, 0) is 31.0 Å². The Bertz CT molecular complexity index is 968. The smallest absolute Gasteiger partial charge is 0.334 e. The minimum atomic E-state index is -1.08. The Hall–Kier alpha value is -2.74. The molecule has 3 heterocycles. The number of ether oxygens (including phenoxy) is 1. The lowest BCUT2D eigenvalue weighted by Crippen LogP contribution is -2.48. The molecule has 2 aliphatic heterocycles. The van der Waals surface area contributed by atoms with Crippen LogP contribution in [-0.4, -0.2) is 57.2 Å². The average Bonchev–Trinajstić information content (AvgIpc) is 2.93. The van der Waals surface area contributed by atoms with E-state index < -0.39 is 12.1 Å². The van der Waals surface area contributed by atoms with Crippen molar-refractivity contribution in [1.29, 1.82) is 0 Å². The van der Waals surface area contributed by atoms with Crippen LogP contribution in [0.3, 0.4) is 0 Å². The van der Waals surface area contributed by atoms with E-state index in [-0.39, 0.29) is 24.6 Å². The molecule has 8 heteroatoms. The number of carboxylic acid groups (broad SMARTS) is 1. The van der Waals surface area contributed by atoms with Gasteiger partial charge >= 0.3 is 5.97 Å². The van der Waals surface area contributed by atoms with E-state index in [0.717, 1.165) is 31.5 Å². The Morgan fingerprint density at radius 3 is 2.85 bits per heavy atom. The number of amides is 1. The molecule has 2 aliphatic rings. The Balaban J connectivity index is 1.68. The van der Waals surface area contributed by atoms with E-state index >= 15 is 0 Å². The van der Waals surface area contributed by atoms with Crippen molar-refractivity contribution < 1.29 is 19.4 Å². The summed E-state index contributed by atoms with van der Waals surface area (Å²) in [7, 11) is 0. The van der Waals surface area contributed by atoms with E-state index in [1.54, 1.807) is 22.8 Å². The first-order chi connectivity index (χ1) is 13.0. The summed E-state index contributed by atoms with van der Waals surface area (Å²) in [5.74, 6) is -0.585. The fraction of sp³-hybridized carbons (Fsp3) is 0.474. The van der Waals surface area contributed by atoms with Crippen LogP contribution in [0.25, 0.3) is 10.9 Å². The molecule has 4 rings (SSSR count). The SMILES string of the molecule is O=C(O)C1CN(C(=O)c2ccc3c(=O)n4c(nc3c2)CCCCC4)CCO1. The molecule has 8 nitrogen and oxygen atoms in total. The van der Waals surface area contributed by atoms with Gasteiger partial charge in [-0.3, -0.25) is 14.2 Å². The van der Waals surface area contributed by atoms with Crippen LogP contribution in [0.15, 0.2) is 23.0 Å². The Kier molecular flexibility index (Phi) is 4.65. The van der Waals surface area contributed by atoms with E-state index in [1.165, 1.54) is 4.90 Å². The van der Waals surface area contributed by atoms with Gasteiger partial charge < -0.3 is 14.7 Å². The quantitative estimate of drug-likeness (QED) is 0.847. The Morgan fingerprint density at radius 2 is 2.04 bits per heavy atom. The van der Waals surface area contributed by atoms with Gasteiger partial charge in [0.05, 0.1) is 24.1 Å². The number of hydrogen-bond acceptors (Lipinski definition) is 5. The highest BCUT2D eigenvalue weighted by atomic mass is 16.5. The lowest BCUT2D eigenvalue weighted by atomic mass is 10.1. The first kappa shape index (κ1) is 17.7. The van der Waals surface area contributed by atoms with Gasteiger partial charge in [-0.1, -0.05) is 6.42 Å². The van der Waals surface area contributed by atoms with Crippen molar-refractivity contribution in [3.63, 3.8) is 0 Å². The number of morpholine rings is 1. The highest BCUT2D eigenvalue weighted by molar-refractivity contribution is 5.98. The molecular weight excluding hydrogens is 350 g/mol. The second-order valence-corrected chi connectivity index (χ2v) is 6.98. The van der Waals surface area contributed by atoms with Crippen LogP contribution in [-0.2, 0) is 22.5 Å². The monoisotopic (exact) mass is 371 g/mol.